The van der Waals surface area contributed by atoms with Gasteiger partial charge in [-0.1, -0.05) is 44.2 Å². The summed E-state index contributed by atoms with van der Waals surface area (Å²) in [5, 5.41) is 2.91. The fraction of sp³-hybridized carbons (Fsp3) is 0.517. The lowest BCUT2D eigenvalue weighted by atomic mass is 10.0. The second-order valence-electron chi connectivity index (χ2n) is 9.84. The fourth-order valence-corrected chi connectivity index (χ4v) is 4.60. The van der Waals surface area contributed by atoms with E-state index < -0.39 is 0 Å². The maximum atomic E-state index is 13.4. The molecule has 3 atom stereocenters. The molecule has 0 unspecified atom stereocenters. The van der Waals surface area contributed by atoms with Crippen molar-refractivity contribution in [1.29, 1.82) is 0 Å². The number of likely N-dealkylation sites (N-methyl/N-ethyl adjacent to an activating group) is 1. The van der Waals surface area contributed by atoms with E-state index in [1.165, 1.54) is 5.56 Å². The topological polar surface area (TPSA) is 71.1 Å². The monoisotopic (exact) mass is 495 g/mol. The van der Waals surface area contributed by atoms with Crippen molar-refractivity contribution in [3.8, 4) is 5.75 Å². The first kappa shape index (κ1) is 27.7. The number of amides is 2. The molecule has 2 aromatic carbocycles. The molecule has 36 heavy (non-hydrogen) atoms. The Morgan fingerprint density at radius 2 is 1.89 bits per heavy atom. The highest BCUT2D eigenvalue weighted by Gasteiger charge is 2.28. The molecule has 0 fully saturated rings. The first-order chi connectivity index (χ1) is 17.3. The number of carbonyl (C=O) groups excluding carboxylic acids is 2. The van der Waals surface area contributed by atoms with E-state index >= 15 is 0 Å². The standard InChI is InChI=1S/C29H41N3O4/c1-6-10-28(33)30-24-13-14-25-26(17-24)36-20-22(3)32(16-15-23-11-8-7-9-12-23)18-21(2)27(35-5)19-31(4)29(25)34/h7-9,11-14,17,21-22,27H,6,10,15-16,18-20H2,1-5H3,(H,30,33)/t21-,22-,27-/m0/s1. The zero-order valence-electron chi connectivity index (χ0n) is 22.3. The minimum atomic E-state index is -0.125. The quantitative estimate of drug-likeness (QED) is 0.614. The first-order valence-corrected chi connectivity index (χ1v) is 12.9. The molecule has 0 bridgehead atoms. The number of nitrogens with one attached hydrogen (secondary N) is 1. The Morgan fingerprint density at radius 3 is 2.58 bits per heavy atom. The van der Waals surface area contributed by atoms with Crippen LogP contribution in [-0.4, -0.2) is 74.2 Å². The van der Waals surface area contributed by atoms with Crippen molar-refractivity contribution >= 4 is 17.5 Å². The first-order valence-electron chi connectivity index (χ1n) is 12.9. The Bertz CT molecular complexity index is 997. The second kappa shape index (κ2) is 13.4. The van der Waals surface area contributed by atoms with Gasteiger partial charge in [0.25, 0.3) is 5.91 Å². The van der Waals surface area contributed by atoms with Crippen LogP contribution in [0.5, 0.6) is 5.75 Å². The summed E-state index contributed by atoms with van der Waals surface area (Å²) in [5.41, 5.74) is 2.42. The predicted octanol–water partition coefficient (Wildman–Crippen LogP) is 4.47. The molecule has 2 amide bonds. The highest BCUT2D eigenvalue weighted by atomic mass is 16.5. The number of methoxy groups -OCH3 is 1. The highest BCUT2D eigenvalue weighted by molar-refractivity contribution is 5.98. The summed E-state index contributed by atoms with van der Waals surface area (Å²) in [6.45, 7) is 8.93. The van der Waals surface area contributed by atoms with Gasteiger partial charge in [-0.25, -0.2) is 0 Å². The van der Waals surface area contributed by atoms with E-state index in [1.54, 1.807) is 37.3 Å². The number of carbonyl (C=O) groups is 2. The summed E-state index contributed by atoms with van der Waals surface area (Å²) in [7, 11) is 3.51. The number of anilines is 1. The van der Waals surface area contributed by atoms with E-state index in [-0.39, 0.29) is 29.9 Å². The molecule has 3 rings (SSSR count). The zero-order valence-corrected chi connectivity index (χ0v) is 22.3. The van der Waals surface area contributed by atoms with Gasteiger partial charge in [0, 0.05) is 58.0 Å². The molecule has 1 aliphatic rings. The van der Waals surface area contributed by atoms with Gasteiger partial charge in [0.2, 0.25) is 5.91 Å². The lowest BCUT2D eigenvalue weighted by Gasteiger charge is -2.36. The summed E-state index contributed by atoms with van der Waals surface area (Å²) >= 11 is 0. The van der Waals surface area contributed by atoms with Gasteiger partial charge in [-0.2, -0.15) is 0 Å². The Labute approximate surface area is 215 Å². The molecule has 0 aromatic heterocycles. The highest BCUT2D eigenvalue weighted by Crippen LogP contribution is 2.27. The number of ether oxygens (including phenoxy) is 2. The molecule has 1 N–H and O–H groups in total. The predicted molar refractivity (Wildman–Crippen MR) is 144 cm³/mol. The molecule has 0 aliphatic carbocycles. The van der Waals surface area contributed by atoms with Crippen LogP contribution in [0.1, 0.15) is 49.5 Å². The van der Waals surface area contributed by atoms with Crippen LogP contribution in [0.4, 0.5) is 5.69 Å². The van der Waals surface area contributed by atoms with E-state index in [0.29, 0.717) is 36.6 Å². The number of hydrogen-bond acceptors (Lipinski definition) is 5. The second-order valence-corrected chi connectivity index (χ2v) is 9.84. The third kappa shape index (κ3) is 7.55. The van der Waals surface area contributed by atoms with Crippen molar-refractivity contribution in [2.24, 2.45) is 5.92 Å². The van der Waals surface area contributed by atoms with E-state index in [1.807, 2.05) is 13.0 Å². The summed E-state index contributed by atoms with van der Waals surface area (Å²) < 4.78 is 12.1. The summed E-state index contributed by atoms with van der Waals surface area (Å²) in [5.74, 6) is 0.531. The van der Waals surface area contributed by atoms with Gasteiger partial charge in [-0.05, 0) is 43.4 Å². The molecule has 0 saturated carbocycles. The minimum absolute atomic E-state index is 0.0496. The zero-order chi connectivity index (χ0) is 26.1. The van der Waals surface area contributed by atoms with Crippen molar-refractivity contribution in [2.75, 3.05) is 45.7 Å². The lowest BCUT2D eigenvalue weighted by Crippen LogP contribution is -2.47. The largest absolute Gasteiger partial charge is 0.491 e. The van der Waals surface area contributed by atoms with E-state index in [0.717, 1.165) is 25.9 Å². The van der Waals surface area contributed by atoms with Crippen molar-refractivity contribution in [3.05, 3.63) is 59.7 Å². The average Bonchev–Trinajstić information content (AvgIpc) is 2.87. The minimum Gasteiger partial charge on any atom is -0.491 e. The Kier molecular flexibility index (Phi) is 10.3. The normalized spacial score (nSPS) is 21.6. The Balaban J connectivity index is 1.87. The molecule has 196 valence electrons. The molecule has 7 nitrogen and oxygen atoms in total. The third-order valence-corrected chi connectivity index (χ3v) is 6.87. The molecule has 2 aromatic rings. The summed E-state index contributed by atoms with van der Waals surface area (Å²) in [4.78, 5) is 29.6. The van der Waals surface area contributed by atoms with Gasteiger partial charge >= 0.3 is 0 Å². The molecule has 0 saturated heterocycles. The number of hydrogen-bond donors (Lipinski definition) is 1. The molecule has 0 spiro atoms. The van der Waals surface area contributed by atoms with E-state index in [4.69, 9.17) is 9.47 Å². The van der Waals surface area contributed by atoms with Gasteiger partial charge in [-0.15, -0.1) is 0 Å². The van der Waals surface area contributed by atoms with Crippen LogP contribution in [-0.2, 0) is 16.0 Å². The van der Waals surface area contributed by atoms with Crippen LogP contribution in [0.15, 0.2) is 48.5 Å². The van der Waals surface area contributed by atoms with Crippen LogP contribution < -0.4 is 10.1 Å². The molecular weight excluding hydrogens is 454 g/mol. The number of benzene rings is 2. The number of rotatable bonds is 7. The van der Waals surface area contributed by atoms with Gasteiger partial charge < -0.3 is 19.7 Å². The van der Waals surface area contributed by atoms with Crippen molar-refractivity contribution in [3.63, 3.8) is 0 Å². The van der Waals surface area contributed by atoms with Crippen LogP contribution >= 0.6 is 0 Å². The molecule has 1 heterocycles. The SMILES string of the molecule is CCCC(=O)Nc1ccc2c(c1)OC[C@H](C)N(CCc1ccccc1)C[C@H](C)[C@@H](OC)CN(C)C2=O. The lowest BCUT2D eigenvalue weighted by molar-refractivity contribution is -0.116. The van der Waals surface area contributed by atoms with Gasteiger partial charge in [0.05, 0.1) is 11.7 Å². The smallest absolute Gasteiger partial charge is 0.257 e. The number of nitrogens with zero attached hydrogens (tertiary/aromatic N) is 2. The Hall–Kier alpha value is -2.90. The van der Waals surface area contributed by atoms with Gasteiger partial charge in [-0.3, -0.25) is 14.5 Å². The third-order valence-electron chi connectivity index (χ3n) is 6.87. The van der Waals surface area contributed by atoms with Crippen LogP contribution in [0.3, 0.4) is 0 Å². The van der Waals surface area contributed by atoms with E-state index in [9.17, 15) is 9.59 Å². The summed E-state index contributed by atoms with van der Waals surface area (Å²) in [6.07, 6.45) is 2.06. The van der Waals surface area contributed by atoms with E-state index in [2.05, 4.69) is 48.3 Å². The van der Waals surface area contributed by atoms with Gasteiger partial charge in [0.1, 0.15) is 12.4 Å². The van der Waals surface area contributed by atoms with Crippen LogP contribution in [0.25, 0.3) is 0 Å². The molecule has 0 radical (unpaired) electrons. The van der Waals surface area contributed by atoms with Crippen LogP contribution in [0, 0.1) is 5.92 Å². The maximum Gasteiger partial charge on any atom is 0.257 e. The van der Waals surface area contributed by atoms with Crippen molar-refractivity contribution < 1.29 is 19.1 Å². The van der Waals surface area contributed by atoms with Crippen molar-refractivity contribution in [1.82, 2.24) is 9.80 Å². The fourth-order valence-electron chi connectivity index (χ4n) is 4.60. The number of fused-ring (bicyclic) bond motifs is 1. The maximum absolute atomic E-state index is 13.4. The van der Waals surface area contributed by atoms with Gasteiger partial charge in [0.15, 0.2) is 0 Å². The molecular formula is C29H41N3O4. The molecule has 1 aliphatic heterocycles. The summed E-state index contributed by atoms with van der Waals surface area (Å²) in [6, 6.07) is 15.9. The Morgan fingerprint density at radius 1 is 1.14 bits per heavy atom. The average molecular weight is 496 g/mol. The molecule has 7 heteroatoms. The van der Waals surface area contributed by atoms with Crippen molar-refractivity contribution in [2.45, 2.75) is 52.2 Å². The van der Waals surface area contributed by atoms with Crippen LogP contribution in [0.2, 0.25) is 0 Å².